The fourth-order valence-electron chi connectivity index (χ4n) is 0.671. The number of aryl methyl sites for hydroxylation is 1. The zero-order valence-corrected chi connectivity index (χ0v) is 8.85. The average Bonchev–Trinajstić information content (AvgIpc) is 2.16. The van der Waals surface area contributed by atoms with Gasteiger partial charge in [0.05, 0.1) is 6.10 Å². The number of aliphatic hydroxyl groups is 1. The Balaban J connectivity index is 2.41. The maximum atomic E-state index is 9.17. The van der Waals surface area contributed by atoms with Crippen molar-refractivity contribution in [2.45, 2.75) is 18.2 Å². The van der Waals surface area contributed by atoms with Gasteiger partial charge in [-0.25, -0.2) is 9.97 Å². The van der Waals surface area contributed by atoms with Crippen molar-refractivity contribution >= 4 is 23.4 Å². The second-order valence-corrected chi connectivity index (χ2v) is 3.96. The molecule has 1 aromatic heterocycles. The molecule has 0 spiro atoms. The molecule has 0 fully saturated rings. The first-order valence-corrected chi connectivity index (χ1v) is 5.40. The Hall–Kier alpha value is -0.320. The number of nitrogens with zero attached hydrogens (tertiary/aromatic N) is 2. The minimum atomic E-state index is -0.489. The SMILES string of the molecule is Cc1cnc(SCC(O)CCl)nc1. The third kappa shape index (κ3) is 3.93. The molecule has 0 saturated heterocycles. The van der Waals surface area contributed by atoms with E-state index in [0.717, 1.165) is 5.56 Å². The van der Waals surface area contributed by atoms with Crippen LogP contribution >= 0.6 is 23.4 Å². The van der Waals surface area contributed by atoms with Crippen molar-refractivity contribution in [3.05, 3.63) is 18.0 Å². The summed E-state index contributed by atoms with van der Waals surface area (Å²) in [6.07, 6.45) is 3.02. The van der Waals surface area contributed by atoms with Gasteiger partial charge in [-0.05, 0) is 12.5 Å². The molecule has 13 heavy (non-hydrogen) atoms. The molecule has 1 unspecified atom stereocenters. The summed E-state index contributed by atoms with van der Waals surface area (Å²) in [6, 6.07) is 0. The molecule has 0 bridgehead atoms. The Bertz CT molecular complexity index is 255. The first-order valence-electron chi connectivity index (χ1n) is 3.88. The van der Waals surface area contributed by atoms with Gasteiger partial charge in [-0.3, -0.25) is 0 Å². The van der Waals surface area contributed by atoms with Crippen LogP contribution < -0.4 is 0 Å². The van der Waals surface area contributed by atoms with Gasteiger partial charge in [-0.1, -0.05) is 11.8 Å². The largest absolute Gasteiger partial charge is 0.391 e. The van der Waals surface area contributed by atoms with Gasteiger partial charge in [0.2, 0.25) is 0 Å². The summed E-state index contributed by atoms with van der Waals surface area (Å²) >= 11 is 6.84. The molecule has 0 aliphatic rings. The summed E-state index contributed by atoms with van der Waals surface area (Å²) in [6.45, 7) is 1.93. The lowest BCUT2D eigenvalue weighted by atomic mass is 10.4. The molecule has 5 heteroatoms. The number of thioether (sulfide) groups is 1. The first-order chi connectivity index (χ1) is 6.22. The molecule has 1 aromatic rings. The Morgan fingerprint density at radius 2 is 2.15 bits per heavy atom. The molecule has 1 heterocycles. The van der Waals surface area contributed by atoms with E-state index in [1.54, 1.807) is 12.4 Å². The van der Waals surface area contributed by atoms with E-state index in [9.17, 15) is 0 Å². The van der Waals surface area contributed by atoms with Crippen LogP contribution in [0.3, 0.4) is 0 Å². The lowest BCUT2D eigenvalue weighted by Crippen LogP contribution is -2.11. The highest BCUT2D eigenvalue weighted by atomic mass is 35.5. The smallest absolute Gasteiger partial charge is 0.187 e. The van der Waals surface area contributed by atoms with E-state index in [0.29, 0.717) is 10.9 Å². The third-order valence-electron chi connectivity index (χ3n) is 1.34. The molecule has 3 nitrogen and oxygen atoms in total. The van der Waals surface area contributed by atoms with E-state index in [-0.39, 0.29) is 5.88 Å². The molecule has 0 aliphatic carbocycles. The van der Waals surface area contributed by atoms with E-state index in [1.807, 2.05) is 6.92 Å². The van der Waals surface area contributed by atoms with Crippen LogP contribution in [0.5, 0.6) is 0 Å². The Morgan fingerprint density at radius 1 is 1.54 bits per heavy atom. The Labute approximate surface area is 86.6 Å². The number of hydrogen-bond acceptors (Lipinski definition) is 4. The van der Waals surface area contributed by atoms with Crippen molar-refractivity contribution in [3.63, 3.8) is 0 Å². The van der Waals surface area contributed by atoms with Gasteiger partial charge in [-0.15, -0.1) is 11.6 Å². The molecule has 0 aliphatic heterocycles. The quantitative estimate of drug-likeness (QED) is 0.473. The van der Waals surface area contributed by atoms with Crippen LogP contribution in [0.2, 0.25) is 0 Å². The summed E-state index contributed by atoms with van der Waals surface area (Å²) in [5.41, 5.74) is 1.03. The van der Waals surface area contributed by atoms with Crippen LogP contribution in [0.1, 0.15) is 5.56 Å². The zero-order chi connectivity index (χ0) is 9.68. The molecule has 0 saturated carbocycles. The van der Waals surface area contributed by atoms with Gasteiger partial charge in [0.25, 0.3) is 0 Å². The lowest BCUT2D eigenvalue weighted by Gasteiger charge is -2.04. The van der Waals surface area contributed by atoms with Crippen LogP contribution in [0.4, 0.5) is 0 Å². The number of hydrogen-bond donors (Lipinski definition) is 1. The summed E-state index contributed by atoms with van der Waals surface area (Å²) in [4.78, 5) is 8.16. The van der Waals surface area contributed by atoms with E-state index in [2.05, 4.69) is 9.97 Å². The topological polar surface area (TPSA) is 46.0 Å². The summed E-state index contributed by atoms with van der Waals surface area (Å²) in [5, 5.41) is 9.84. The molecule has 0 amide bonds. The molecule has 72 valence electrons. The van der Waals surface area contributed by atoms with E-state index >= 15 is 0 Å². The maximum absolute atomic E-state index is 9.17. The molecule has 1 N–H and O–H groups in total. The van der Waals surface area contributed by atoms with Gasteiger partial charge in [0.15, 0.2) is 5.16 Å². The van der Waals surface area contributed by atoms with Crippen molar-refractivity contribution in [1.29, 1.82) is 0 Å². The minimum Gasteiger partial charge on any atom is -0.391 e. The summed E-state index contributed by atoms with van der Waals surface area (Å²) in [5.74, 6) is 0.783. The summed E-state index contributed by atoms with van der Waals surface area (Å²) in [7, 11) is 0. The normalized spacial score (nSPS) is 12.8. The van der Waals surface area contributed by atoms with Gasteiger partial charge in [0, 0.05) is 24.0 Å². The van der Waals surface area contributed by atoms with Gasteiger partial charge >= 0.3 is 0 Å². The van der Waals surface area contributed by atoms with Crippen LogP contribution in [0.15, 0.2) is 17.6 Å². The van der Waals surface area contributed by atoms with E-state index < -0.39 is 6.10 Å². The zero-order valence-electron chi connectivity index (χ0n) is 7.27. The third-order valence-corrected chi connectivity index (χ3v) is 2.72. The van der Waals surface area contributed by atoms with Crippen LogP contribution in [0, 0.1) is 6.92 Å². The maximum Gasteiger partial charge on any atom is 0.187 e. The van der Waals surface area contributed by atoms with Crippen LogP contribution in [-0.2, 0) is 0 Å². The Kier molecular flexibility index (Phi) is 4.48. The van der Waals surface area contributed by atoms with Gasteiger partial charge in [-0.2, -0.15) is 0 Å². The lowest BCUT2D eigenvalue weighted by molar-refractivity contribution is 0.223. The standard InChI is InChI=1S/C8H11ClN2OS/c1-6-3-10-8(11-4-6)13-5-7(12)2-9/h3-4,7,12H,2,5H2,1H3. The fourth-order valence-corrected chi connectivity index (χ4v) is 1.62. The van der Waals surface area contributed by atoms with Gasteiger partial charge < -0.3 is 5.11 Å². The molecule has 1 rings (SSSR count). The first kappa shape index (κ1) is 10.8. The van der Waals surface area contributed by atoms with Crippen LogP contribution in [0.25, 0.3) is 0 Å². The molecule has 1 atom stereocenters. The highest BCUT2D eigenvalue weighted by molar-refractivity contribution is 7.99. The predicted octanol–water partition coefficient (Wildman–Crippen LogP) is 1.48. The summed E-state index contributed by atoms with van der Waals surface area (Å²) < 4.78 is 0. The second kappa shape index (κ2) is 5.42. The number of aliphatic hydroxyl groups excluding tert-OH is 1. The molecular formula is C8H11ClN2OS. The minimum absolute atomic E-state index is 0.249. The number of rotatable bonds is 4. The molecule has 0 aromatic carbocycles. The number of halogens is 1. The van der Waals surface area contributed by atoms with Crippen molar-refractivity contribution in [3.8, 4) is 0 Å². The van der Waals surface area contributed by atoms with E-state index in [4.69, 9.17) is 16.7 Å². The highest BCUT2D eigenvalue weighted by Crippen LogP contribution is 2.13. The van der Waals surface area contributed by atoms with Gasteiger partial charge in [0.1, 0.15) is 0 Å². The van der Waals surface area contributed by atoms with E-state index in [1.165, 1.54) is 11.8 Å². The van der Waals surface area contributed by atoms with Crippen molar-refractivity contribution in [1.82, 2.24) is 9.97 Å². The predicted molar refractivity (Wildman–Crippen MR) is 54.2 cm³/mol. The second-order valence-electron chi connectivity index (χ2n) is 2.66. The number of alkyl halides is 1. The number of aromatic nitrogens is 2. The molecular weight excluding hydrogens is 208 g/mol. The van der Waals surface area contributed by atoms with Crippen molar-refractivity contribution < 1.29 is 5.11 Å². The monoisotopic (exact) mass is 218 g/mol. The Morgan fingerprint density at radius 3 is 2.69 bits per heavy atom. The van der Waals surface area contributed by atoms with Crippen molar-refractivity contribution in [2.24, 2.45) is 0 Å². The van der Waals surface area contributed by atoms with Crippen LogP contribution in [-0.4, -0.2) is 32.8 Å². The highest BCUT2D eigenvalue weighted by Gasteiger charge is 2.04. The fraction of sp³-hybridized carbons (Fsp3) is 0.500. The molecule has 0 radical (unpaired) electrons. The van der Waals surface area contributed by atoms with Crippen molar-refractivity contribution in [2.75, 3.05) is 11.6 Å². The average molecular weight is 219 g/mol.